The van der Waals surface area contributed by atoms with Gasteiger partial charge in [0.05, 0.1) is 13.1 Å². The Kier molecular flexibility index (Phi) is 2.96. The highest BCUT2D eigenvalue weighted by Gasteiger charge is 2.29. The summed E-state index contributed by atoms with van der Waals surface area (Å²) in [4.78, 5) is 27.1. The lowest BCUT2D eigenvalue weighted by Gasteiger charge is -2.30. The lowest BCUT2D eigenvalue weighted by molar-refractivity contribution is -0.144. The summed E-state index contributed by atoms with van der Waals surface area (Å²) in [5, 5.41) is 2.62. The van der Waals surface area contributed by atoms with Gasteiger partial charge in [-0.05, 0) is 26.0 Å². The monoisotopic (exact) mass is 238 g/mol. The van der Waals surface area contributed by atoms with E-state index >= 15 is 0 Å². The quantitative estimate of drug-likeness (QED) is 0.832. The first-order valence-electron chi connectivity index (χ1n) is 5.20. The summed E-state index contributed by atoms with van der Waals surface area (Å²) in [5.74, 6) is -0.0916. The van der Waals surface area contributed by atoms with Crippen molar-refractivity contribution in [3.05, 3.63) is 21.9 Å². The summed E-state index contributed by atoms with van der Waals surface area (Å²) in [6, 6.07) is 3.63. The first kappa shape index (κ1) is 11.1. The van der Waals surface area contributed by atoms with Gasteiger partial charge in [-0.2, -0.15) is 0 Å². The van der Waals surface area contributed by atoms with E-state index in [1.54, 1.807) is 23.2 Å². The average Bonchev–Trinajstić information content (AvgIpc) is 2.60. The maximum atomic E-state index is 11.8. The minimum Gasteiger partial charge on any atom is -0.343 e. The molecule has 1 unspecified atom stereocenters. The van der Waals surface area contributed by atoms with Crippen LogP contribution in [0, 0.1) is 6.92 Å². The lowest BCUT2D eigenvalue weighted by atomic mass is 10.2. The smallest absolute Gasteiger partial charge is 0.245 e. The molecule has 1 aliphatic rings. The van der Waals surface area contributed by atoms with Crippen LogP contribution in [0.25, 0.3) is 0 Å². The molecule has 5 heteroatoms. The van der Waals surface area contributed by atoms with E-state index in [1.807, 2.05) is 19.1 Å². The van der Waals surface area contributed by atoms with Gasteiger partial charge in [-0.3, -0.25) is 9.59 Å². The molecule has 2 heterocycles. The molecule has 2 amide bonds. The third-order valence-electron chi connectivity index (χ3n) is 2.54. The number of rotatable bonds is 2. The molecule has 1 fully saturated rings. The normalized spacial score (nSPS) is 21.1. The van der Waals surface area contributed by atoms with Gasteiger partial charge in [-0.25, -0.2) is 0 Å². The van der Waals surface area contributed by atoms with Crippen LogP contribution in [-0.4, -0.2) is 29.3 Å². The number of nitrogens with zero attached hydrogens (tertiary/aromatic N) is 1. The van der Waals surface area contributed by atoms with Crippen molar-refractivity contribution < 1.29 is 9.59 Å². The average molecular weight is 238 g/mol. The Hall–Kier alpha value is -1.36. The molecule has 1 N–H and O–H groups in total. The highest BCUT2D eigenvalue weighted by atomic mass is 32.1. The molecule has 1 atom stereocenters. The summed E-state index contributed by atoms with van der Waals surface area (Å²) in [6.45, 7) is 4.45. The Morgan fingerprint density at radius 1 is 1.50 bits per heavy atom. The fraction of sp³-hybridized carbons (Fsp3) is 0.455. The Labute approximate surface area is 98.3 Å². The standard InChI is InChI=1S/C11H14N2O2S/c1-7-3-4-9(16-7)5-13-6-10(14)12-8(2)11(13)15/h3-4,8H,5-6H2,1-2H3,(H,12,14). The predicted molar refractivity (Wildman–Crippen MR) is 62.1 cm³/mol. The number of nitrogens with one attached hydrogen (secondary N) is 1. The SMILES string of the molecule is Cc1ccc(CN2CC(=O)NC(C)C2=O)s1. The first-order valence-corrected chi connectivity index (χ1v) is 6.01. The Balaban J connectivity index is 2.08. The molecule has 0 spiro atoms. The van der Waals surface area contributed by atoms with Gasteiger partial charge in [0, 0.05) is 9.75 Å². The van der Waals surface area contributed by atoms with Crippen LogP contribution in [0.15, 0.2) is 12.1 Å². The fourth-order valence-corrected chi connectivity index (χ4v) is 2.67. The number of thiophene rings is 1. The summed E-state index contributed by atoms with van der Waals surface area (Å²) in [7, 11) is 0. The van der Waals surface area contributed by atoms with Gasteiger partial charge in [0.2, 0.25) is 11.8 Å². The van der Waals surface area contributed by atoms with Gasteiger partial charge in [0.15, 0.2) is 0 Å². The molecule has 1 aromatic heterocycles. The maximum Gasteiger partial charge on any atom is 0.245 e. The Morgan fingerprint density at radius 3 is 2.88 bits per heavy atom. The highest BCUT2D eigenvalue weighted by Crippen LogP contribution is 2.18. The summed E-state index contributed by atoms with van der Waals surface area (Å²) < 4.78 is 0. The van der Waals surface area contributed by atoms with E-state index in [4.69, 9.17) is 0 Å². The van der Waals surface area contributed by atoms with Gasteiger partial charge >= 0.3 is 0 Å². The van der Waals surface area contributed by atoms with Crippen molar-refractivity contribution in [1.82, 2.24) is 10.2 Å². The van der Waals surface area contributed by atoms with E-state index in [1.165, 1.54) is 4.88 Å². The van der Waals surface area contributed by atoms with Crippen LogP contribution in [0.3, 0.4) is 0 Å². The summed E-state index contributed by atoms with van der Waals surface area (Å²) >= 11 is 1.66. The number of amides is 2. The molecule has 0 aliphatic carbocycles. The predicted octanol–water partition coefficient (Wildman–Crippen LogP) is 0.903. The number of piperazine rings is 1. The number of carbonyl (C=O) groups is 2. The molecule has 0 aromatic carbocycles. The van der Waals surface area contributed by atoms with E-state index in [9.17, 15) is 9.59 Å². The molecule has 1 aromatic rings. The lowest BCUT2D eigenvalue weighted by Crippen LogP contribution is -2.56. The van der Waals surface area contributed by atoms with Gasteiger partial charge in [0.1, 0.15) is 6.04 Å². The zero-order valence-corrected chi connectivity index (χ0v) is 10.1. The molecule has 16 heavy (non-hydrogen) atoms. The second-order valence-corrected chi connectivity index (χ2v) is 5.37. The third-order valence-corrected chi connectivity index (χ3v) is 3.52. The number of hydrogen-bond acceptors (Lipinski definition) is 3. The third kappa shape index (κ3) is 2.24. The first-order chi connectivity index (χ1) is 7.56. The highest BCUT2D eigenvalue weighted by molar-refractivity contribution is 7.11. The Bertz CT molecular complexity index is 427. The molecule has 4 nitrogen and oxygen atoms in total. The largest absolute Gasteiger partial charge is 0.343 e. The van der Waals surface area contributed by atoms with Crippen molar-refractivity contribution in [2.75, 3.05) is 6.54 Å². The molecule has 0 bridgehead atoms. The van der Waals surface area contributed by atoms with Gasteiger partial charge < -0.3 is 10.2 Å². The van der Waals surface area contributed by atoms with Crippen molar-refractivity contribution in [3.63, 3.8) is 0 Å². The number of carbonyl (C=O) groups excluding carboxylic acids is 2. The van der Waals surface area contributed by atoms with E-state index in [2.05, 4.69) is 5.32 Å². The zero-order chi connectivity index (χ0) is 11.7. The van der Waals surface area contributed by atoms with Crippen LogP contribution in [-0.2, 0) is 16.1 Å². The molecular formula is C11H14N2O2S. The summed E-state index contributed by atoms with van der Waals surface area (Å²) in [6.07, 6.45) is 0. The molecular weight excluding hydrogens is 224 g/mol. The molecule has 2 rings (SSSR count). The number of aryl methyl sites for hydroxylation is 1. The molecule has 0 saturated carbocycles. The van der Waals surface area contributed by atoms with Gasteiger partial charge in [0.25, 0.3) is 0 Å². The summed E-state index contributed by atoms with van der Waals surface area (Å²) in [5.41, 5.74) is 0. The van der Waals surface area contributed by atoms with E-state index < -0.39 is 6.04 Å². The van der Waals surface area contributed by atoms with Crippen molar-refractivity contribution in [1.29, 1.82) is 0 Å². The van der Waals surface area contributed by atoms with Crippen molar-refractivity contribution in [2.45, 2.75) is 26.4 Å². The topological polar surface area (TPSA) is 49.4 Å². The molecule has 0 radical (unpaired) electrons. The van der Waals surface area contributed by atoms with Crippen molar-refractivity contribution in [3.8, 4) is 0 Å². The second-order valence-electron chi connectivity index (χ2n) is 4.00. The minimum atomic E-state index is -0.401. The van der Waals surface area contributed by atoms with Crippen LogP contribution in [0.1, 0.15) is 16.7 Å². The van der Waals surface area contributed by atoms with Crippen LogP contribution in [0.4, 0.5) is 0 Å². The second kappa shape index (κ2) is 4.25. The van der Waals surface area contributed by atoms with Crippen LogP contribution < -0.4 is 5.32 Å². The van der Waals surface area contributed by atoms with E-state index in [0.717, 1.165) is 4.88 Å². The van der Waals surface area contributed by atoms with Crippen LogP contribution in [0.2, 0.25) is 0 Å². The minimum absolute atomic E-state index is 0.00865. The van der Waals surface area contributed by atoms with Crippen molar-refractivity contribution >= 4 is 23.2 Å². The molecule has 1 aliphatic heterocycles. The van der Waals surface area contributed by atoms with E-state index in [-0.39, 0.29) is 18.4 Å². The Morgan fingerprint density at radius 2 is 2.25 bits per heavy atom. The van der Waals surface area contributed by atoms with E-state index in [0.29, 0.717) is 6.54 Å². The molecule has 86 valence electrons. The maximum absolute atomic E-state index is 11.8. The van der Waals surface area contributed by atoms with Crippen LogP contribution in [0.5, 0.6) is 0 Å². The van der Waals surface area contributed by atoms with Gasteiger partial charge in [-0.1, -0.05) is 0 Å². The zero-order valence-electron chi connectivity index (χ0n) is 9.32. The molecule has 1 saturated heterocycles. The van der Waals surface area contributed by atoms with Gasteiger partial charge in [-0.15, -0.1) is 11.3 Å². The van der Waals surface area contributed by atoms with Crippen LogP contribution >= 0.6 is 11.3 Å². The fourth-order valence-electron chi connectivity index (χ4n) is 1.77. The number of hydrogen-bond donors (Lipinski definition) is 1. The van der Waals surface area contributed by atoms with Crippen molar-refractivity contribution in [2.24, 2.45) is 0 Å².